The summed E-state index contributed by atoms with van der Waals surface area (Å²) in [6, 6.07) is 4.36. The number of hydrogen-bond acceptors (Lipinski definition) is 3. The van der Waals surface area contributed by atoms with E-state index in [-0.39, 0.29) is 26.4 Å². The zero-order valence-corrected chi connectivity index (χ0v) is 11.7. The van der Waals surface area contributed by atoms with Crippen molar-refractivity contribution >= 4 is 44.7 Å². The van der Waals surface area contributed by atoms with Gasteiger partial charge in [-0.25, -0.2) is 0 Å². The number of carbonyl (C=O) groups is 1. The monoisotopic (exact) mass is 315 g/mol. The molecule has 0 saturated heterocycles. The third-order valence-corrected chi connectivity index (χ3v) is 4.50. The Bertz CT molecular complexity index is 695. The highest BCUT2D eigenvalue weighted by atomic mass is 35.5. The Balaban J connectivity index is 2.50. The lowest BCUT2D eigenvalue weighted by Gasteiger charge is -2.05. The minimum absolute atomic E-state index is 0.00306. The SMILES string of the molecule is O=C1C=CC(=NS(=O)(=O)c2c(Cl)cccc2Cl)C=C1. The van der Waals surface area contributed by atoms with Crippen LogP contribution in [0.2, 0.25) is 10.0 Å². The Morgan fingerprint density at radius 2 is 1.47 bits per heavy atom. The van der Waals surface area contributed by atoms with Crippen LogP contribution < -0.4 is 0 Å². The van der Waals surface area contributed by atoms with Crippen LogP contribution in [0.1, 0.15) is 0 Å². The van der Waals surface area contributed by atoms with E-state index < -0.39 is 10.0 Å². The van der Waals surface area contributed by atoms with Gasteiger partial charge in [-0.15, -0.1) is 0 Å². The zero-order valence-electron chi connectivity index (χ0n) is 9.38. The van der Waals surface area contributed by atoms with Gasteiger partial charge in [0.05, 0.1) is 15.8 Å². The van der Waals surface area contributed by atoms with Gasteiger partial charge < -0.3 is 0 Å². The molecule has 1 aromatic rings. The quantitative estimate of drug-likeness (QED) is 0.788. The van der Waals surface area contributed by atoms with Gasteiger partial charge in [-0.2, -0.15) is 12.8 Å². The summed E-state index contributed by atoms with van der Waals surface area (Å²) in [7, 11) is -4.03. The summed E-state index contributed by atoms with van der Waals surface area (Å²) < 4.78 is 27.8. The Morgan fingerprint density at radius 3 is 2.00 bits per heavy atom. The first-order valence-corrected chi connectivity index (χ1v) is 7.29. The molecule has 0 bridgehead atoms. The van der Waals surface area contributed by atoms with Crippen molar-refractivity contribution in [1.82, 2.24) is 0 Å². The van der Waals surface area contributed by atoms with Crippen molar-refractivity contribution in [3.05, 3.63) is 52.5 Å². The molecule has 7 heteroatoms. The van der Waals surface area contributed by atoms with E-state index in [0.29, 0.717) is 0 Å². The minimum atomic E-state index is -4.03. The van der Waals surface area contributed by atoms with Crippen LogP contribution in [0.5, 0.6) is 0 Å². The van der Waals surface area contributed by atoms with Gasteiger partial charge in [0.2, 0.25) is 0 Å². The Labute approximate surface area is 120 Å². The van der Waals surface area contributed by atoms with Crippen LogP contribution in [0, 0.1) is 0 Å². The van der Waals surface area contributed by atoms with Crippen LogP contribution in [0.15, 0.2) is 51.8 Å². The predicted molar refractivity (Wildman–Crippen MR) is 74.4 cm³/mol. The van der Waals surface area contributed by atoms with Crippen molar-refractivity contribution in [2.75, 3.05) is 0 Å². The van der Waals surface area contributed by atoms with Gasteiger partial charge in [0.1, 0.15) is 4.90 Å². The molecule has 0 unspecified atom stereocenters. The van der Waals surface area contributed by atoms with Gasteiger partial charge in [0.25, 0.3) is 10.0 Å². The predicted octanol–water partition coefficient (Wildman–Crippen LogP) is 2.82. The van der Waals surface area contributed by atoms with Crippen molar-refractivity contribution in [3.8, 4) is 0 Å². The fourth-order valence-corrected chi connectivity index (χ4v) is 3.52. The molecule has 0 saturated carbocycles. The van der Waals surface area contributed by atoms with E-state index in [1.807, 2.05) is 0 Å². The molecule has 0 aliphatic heterocycles. The van der Waals surface area contributed by atoms with Gasteiger partial charge in [-0.3, -0.25) is 4.79 Å². The van der Waals surface area contributed by atoms with Gasteiger partial charge in [-0.1, -0.05) is 29.3 Å². The molecule has 0 spiro atoms. The van der Waals surface area contributed by atoms with Crippen LogP contribution in [0.25, 0.3) is 0 Å². The molecule has 0 amide bonds. The second-order valence-corrected chi connectivity index (χ2v) is 5.97. The highest BCUT2D eigenvalue weighted by molar-refractivity contribution is 7.90. The summed E-state index contributed by atoms with van der Waals surface area (Å²) in [6.07, 6.45) is 5.07. The van der Waals surface area contributed by atoms with E-state index in [9.17, 15) is 13.2 Å². The van der Waals surface area contributed by atoms with Crippen LogP contribution in [0.4, 0.5) is 0 Å². The number of nitrogens with zero attached hydrogens (tertiary/aromatic N) is 1. The first kappa shape index (κ1) is 14.0. The number of ketones is 1. The van der Waals surface area contributed by atoms with Gasteiger partial charge >= 0.3 is 0 Å². The Hall–Kier alpha value is -1.43. The van der Waals surface area contributed by atoms with E-state index in [0.717, 1.165) is 0 Å². The average Bonchev–Trinajstić information content (AvgIpc) is 2.31. The molecule has 0 N–H and O–H groups in total. The van der Waals surface area contributed by atoms with Crippen molar-refractivity contribution in [2.24, 2.45) is 4.40 Å². The first-order chi connectivity index (χ1) is 8.90. The molecule has 19 heavy (non-hydrogen) atoms. The first-order valence-electron chi connectivity index (χ1n) is 5.09. The van der Waals surface area contributed by atoms with Gasteiger partial charge in [-0.05, 0) is 36.4 Å². The summed E-state index contributed by atoms with van der Waals surface area (Å²) in [6.45, 7) is 0. The molecule has 98 valence electrons. The van der Waals surface area contributed by atoms with E-state index >= 15 is 0 Å². The highest BCUT2D eigenvalue weighted by Crippen LogP contribution is 2.30. The summed E-state index contributed by atoms with van der Waals surface area (Å²) in [5, 5.41) is -0.00612. The van der Waals surface area contributed by atoms with Crippen LogP contribution in [-0.2, 0) is 14.8 Å². The second kappa shape index (κ2) is 5.28. The lowest BCUT2D eigenvalue weighted by Crippen LogP contribution is -2.05. The molecule has 1 aliphatic carbocycles. The standard InChI is InChI=1S/C12H7Cl2NO3S/c13-10-2-1-3-11(14)12(10)19(17,18)15-8-4-6-9(16)7-5-8/h1-7H. The van der Waals surface area contributed by atoms with Crippen molar-refractivity contribution in [3.63, 3.8) is 0 Å². The number of halogens is 2. The summed E-state index contributed by atoms with van der Waals surface area (Å²) >= 11 is 11.7. The number of sulfonamides is 1. The maximum Gasteiger partial charge on any atom is 0.285 e. The fraction of sp³-hybridized carbons (Fsp3) is 0. The maximum absolute atomic E-state index is 12.1. The molecule has 1 aliphatic rings. The van der Waals surface area contributed by atoms with Crippen molar-refractivity contribution in [2.45, 2.75) is 4.90 Å². The van der Waals surface area contributed by atoms with Crippen LogP contribution in [0.3, 0.4) is 0 Å². The summed E-state index contributed by atoms with van der Waals surface area (Å²) in [5.41, 5.74) is 0.135. The summed E-state index contributed by atoms with van der Waals surface area (Å²) in [5.74, 6) is -0.230. The van der Waals surface area contributed by atoms with E-state index in [4.69, 9.17) is 23.2 Å². The molecule has 0 heterocycles. The molecular weight excluding hydrogens is 309 g/mol. The average molecular weight is 316 g/mol. The topological polar surface area (TPSA) is 63.6 Å². The molecule has 2 rings (SSSR count). The maximum atomic E-state index is 12.1. The third kappa shape index (κ3) is 3.12. The molecule has 0 radical (unpaired) electrons. The number of benzene rings is 1. The van der Waals surface area contributed by atoms with Crippen molar-refractivity contribution < 1.29 is 13.2 Å². The summed E-state index contributed by atoms with van der Waals surface area (Å²) in [4.78, 5) is 10.7. The smallest absolute Gasteiger partial charge is 0.285 e. The van der Waals surface area contributed by atoms with E-state index in [2.05, 4.69) is 4.40 Å². The number of rotatable bonds is 2. The third-order valence-electron chi connectivity index (χ3n) is 2.24. The van der Waals surface area contributed by atoms with Crippen molar-refractivity contribution in [1.29, 1.82) is 0 Å². The lowest BCUT2D eigenvalue weighted by atomic mass is 10.2. The largest absolute Gasteiger partial charge is 0.290 e. The molecule has 4 nitrogen and oxygen atoms in total. The van der Waals surface area contributed by atoms with Gasteiger partial charge in [0.15, 0.2) is 5.78 Å². The lowest BCUT2D eigenvalue weighted by molar-refractivity contribution is -0.110. The Kier molecular flexibility index (Phi) is 3.89. The van der Waals surface area contributed by atoms with Crippen LogP contribution >= 0.6 is 23.2 Å². The highest BCUT2D eigenvalue weighted by Gasteiger charge is 2.21. The fourth-order valence-electron chi connectivity index (χ4n) is 1.42. The van der Waals surface area contributed by atoms with Crippen LogP contribution in [-0.4, -0.2) is 19.9 Å². The normalized spacial score (nSPS) is 14.8. The number of allylic oxidation sites excluding steroid dienone is 4. The molecule has 0 fully saturated rings. The molecule has 0 aromatic heterocycles. The minimum Gasteiger partial charge on any atom is -0.290 e. The number of carbonyl (C=O) groups excluding carboxylic acids is 1. The van der Waals surface area contributed by atoms with E-state index in [1.54, 1.807) is 0 Å². The zero-order chi connectivity index (χ0) is 14.0. The van der Waals surface area contributed by atoms with Gasteiger partial charge in [0, 0.05) is 0 Å². The molecule has 0 atom stereocenters. The molecule has 1 aromatic carbocycles. The number of hydrogen-bond donors (Lipinski definition) is 0. The van der Waals surface area contributed by atoms with E-state index in [1.165, 1.54) is 42.5 Å². The second-order valence-electron chi connectivity index (χ2n) is 3.61. The molecular formula is C12H7Cl2NO3S. The Morgan fingerprint density at radius 1 is 0.947 bits per heavy atom.